The Hall–Kier alpha value is -1.71. The lowest BCUT2D eigenvalue weighted by Gasteiger charge is -2.13. The first-order valence-corrected chi connectivity index (χ1v) is 6.61. The van der Waals surface area contributed by atoms with Gasteiger partial charge in [0, 0.05) is 20.8 Å². The van der Waals surface area contributed by atoms with Crippen LogP contribution in [-0.2, 0) is 14.2 Å². The molecule has 3 unspecified atom stereocenters. The van der Waals surface area contributed by atoms with E-state index in [2.05, 4.69) is 15.0 Å². The number of rotatable bonds is 6. The number of nitrogens with zero attached hydrogens (tertiary/aromatic N) is 3. The Bertz CT molecular complexity index is 489. The molecule has 0 radical (unpaired) electrons. The highest BCUT2D eigenvalue weighted by Crippen LogP contribution is 2.34. The van der Waals surface area contributed by atoms with Crippen LogP contribution in [-0.4, -0.2) is 52.1 Å². The molecule has 4 heterocycles. The van der Waals surface area contributed by atoms with E-state index in [1.54, 1.807) is 20.8 Å². The molecule has 21 heavy (non-hydrogen) atoms. The smallest absolute Gasteiger partial charge is 0.328 e. The van der Waals surface area contributed by atoms with E-state index in [1.807, 2.05) is 0 Å². The third kappa shape index (κ3) is 2.99. The molecule has 3 atom stereocenters. The van der Waals surface area contributed by atoms with Crippen LogP contribution in [0.3, 0.4) is 0 Å². The summed E-state index contributed by atoms with van der Waals surface area (Å²) in [6.45, 7) is 6.80. The Morgan fingerprint density at radius 2 is 0.905 bits per heavy atom. The second-order valence-corrected chi connectivity index (χ2v) is 5.76. The SMILES string of the molecule is CC1(Oc2nc(OC3(C)CO3)nc(OC3(C)CO3)n2)CO1. The monoisotopic (exact) mass is 297 g/mol. The zero-order valence-electron chi connectivity index (χ0n) is 11.9. The van der Waals surface area contributed by atoms with Gasteiger partial charge in [-0.3, -0.25) is 0 Å². The van der Waals surface area contributed by atoms with Crippen LogP contribution in [0.15, 0.2) is 0 Å². The summed E-state index contributed by atoms with van der Waals surface area (Å²) in [5.41, 5.74) is 0. The van der Waals surface area contributed by atoms with Crippen molar-refractivity contribution in [3.05, 3.63) is 0 Å². The summed E-state index contributed by atoms with van der Waals surface area (Å²) < 4.78 is 32.1. The Labute approximate surface area is 120 Å². The van der Waals surface area contributed by atoms with Crippen molar-refractivity contribution in [1.82, 2.24) is 15.0 Å². The number of ether oxygens (including phenoxy) is 6. The van der Waals surface area contributed by atoms with Crippen LogP contribution in [0, 0.1) is 0 Å². The Balaban J connectivity index is 1.58. The molecular weight excluding hydrogens is 282 g/mol. The van der Waals surface area contributed by atoms with Gasteiger partial charge in [0.05, 0.1) is 0 Å². The molecule has 0 aromatic carbocycles. The minimum Gasteiger partial charge on any atom is -0.428 e. The van der Waals surface area contributed by atoms with E-state index >= 15 is 0 Å². The van der Waals surface area contributed by atoms with Crippen LogP contribution in [0.25, 0.3) is 0 Å². The van der Waals surface area contributed by atoms with Crippen LogP contribution in [0.2, 0.25) is 0 Å². The Morgan fingerprint density at radius 3 is 1.10 bits per heavy atom. The van der Waals surface area contributed by atoms with Crippen molar-refractivity contribution in [2.75, 3.05) is 19.8 Å². The van der Waals surface area contributed by atoms with E-state index in [1.165, 1.54) is 0 Å². The number of hydrogen-bond acceptors (Lipinski definition) is 9. The second kappa shape index (κ2) is 3.93. The van der Waals surface area contributed by atoms with Gasteiger partial charge in [-0.2, -0.15) is 0 Å². The quantitative estimate of drug-likeness (QED) is 0.683. The van der Waals surface area contributed by atoms with Gasteiger partial charge in [-0.05, 0) is 0 Å². The van der Waals surface area contributed by atoms with Crippen molar-refractivity contribution in [3.63, 3.8) is 0 Å². The molecule has 9 nitrogen and oxygen atoms in total. The topological polar surface area (TPSA) is 104 Å². The fraction of sp³-hybridized carbons (Fsp3) is 0.750. The molecule has 0 aliphatic carbocycles. The fourth-order valence-corrected chi connectivity index (χ4v) is 1.52. The second-order valence-electron chi connectivity index (χ2n) is 5.76. The molecule has 0 spiro atoms. The predicted molar refractivity (Wildman–Crippen MR) is 64.8 cm³/mol. The average molecular weight is 297 g/mol. The molecule has 3 saturated heterocycles. The molecule has 3 aliphatic rings. The van der Waals surface area contributed by atoms with Crippen molar-refractivity contribution in [3.8, 4) is 18.0 Å². The van der Waals surface area contributed by atoms with Crippen molar-refractivity contribution in [2.45, 2.75) is 38.1 Å². The van der Waals surface area contributed by atoms with Gasteiger partial charge in [0.2, 0.25) is 17.4 Å². The van der Waals surface area contributed by atoms with Crippen LogP contribution in [0.4, 0.5) is 0 Å². The van der Waals surface area contributed by atoms with Gasteiger partial charge < -0.3 is 28.4 Å². The maximum Gasteiger partial charge on any atom is 0.328 e. The Kier molecular flexibility index (Phi) is 2.43. The molecule has 0 saturated carbocycles. The molecule has 0 N–H and O–H groups in total. The molecule has 114 valence electrons. The third-order valence-corrected chi connectivity index (χ3v) is 3.15. The summed E-state index contributed by atoms with van der Waals surface area (Å²) in [7, 11) is 0. The zero-order chi connectivity index (χ0) is 14.7. The highest BCUT2D eigenvalue weighted by molar-refractivity contribution is 5.12. The molecule has 0 amide bonds. The van der Waals surface area contributed by atoms with E-state index in [0.29, 0.717) is 19.8 Å². The van der Waals surface area contributed by atoms with E-state index < -0.39 is 17.4 Å². The molecule has 3 fully saturated rings. The molecular formula is C12H15N3O6. The number of epoxide rings is 3. The fourth-order valence-electron chi connectivity index (χ4n) is 1.52. The lowest BCUT2D eigenvalue weighted by Crippen LogP contribution is -2.22. The highest BCUT2D eigenvalue weighted by atomic mass is 16.8. The molecule has 1 aromatic heterocycles. The van der Waals surface area contributed by atoms with Crippen LogP contribution in [0.5, 0.6) is 18.0 Å². The average Bonchev–Trinajstić information content (AvgIpc) is 3.29. The predicted octanol–water partition coefficient (Wildman–Crippen LogP) is 0.247. The van der Waals surface area contributed by atoms with Crippen molar-refractivity contribution < 1.29 is 28.4 Å². The zero-order valence-corrected chi connectivity index (χ0v) is 11.9. The van der Waals surface area contributed by atoms with Crippen molar-refractivity contribution in [1.29, 1.82) is 0 Å². The van der Waals surface area contributed by atoms with Gasteiger partial charge >= 0.3 is 18.0 Å². The van der Waals surface area contributed by atoms with Crippen LogP contribution in [0.1, 0.15) is 20.8 Å². The Morgan fingerprint density at radius 1 is 0.667 bits per heavy atom. The number of aromatic nitrogens is 3. The van der Waals surface area contributed by atoms with Crippen molar-refractivity contribution in [2.24, 2.45) is 0 Å². The summed E-state index contributed by atoms with van der Waals surface area (Å²) in [5, 5.41) is 0. The van der Waals surface area contributed by atoms with Gasteiger partial charge in [-0.1, -0.05) is 0 Å². The molecule has 3 aliphatic heterocycles. The summed E-state index contributed by atoms with van der Waals surface area (Å²) in [6.07, 6.45) is 0. The molecule has 9 heteroatoms. The van der Waals surface area contributed by atoms with Gasteiger partial charge in [0.25, 0.3) is 0 Å². The summed E-state index contributed by atoms with van der Waals surface area (Å²) >= 11 is 0. The first-order chi connectivity index (χ1) is 9.86. The van der Waals surface area contributed by atoms with E-state index in [-0.39, 0.29) is 18.0 Å². The maximum atomic E-state index is 5.54. The lowest BCUT2D eigenvalue weighted by molar-refractivity contribution is 0.0428. The standard InChI is InChI=1S/C12H15N3O6/c1-10(4-16-10)19-7-13-8(20-11(2)5-17-11)15-9(14-7)21-12(3)6-18-12/h4-6H2,1-3H3. The maximum absolute atomic E-state index is 5.54. The van der Waals surface area contributed by atoms with Crippen LogP contribution >= 0.6 is 0 Å². The van der Waals surface area contributed by atoms with Crippen LogP contribution < -0.4 is 14.2 Å². The summed E-state index contributed by atoms with van der Waals surface area (Å²) in [5.74, 6) is -2.10. The van der Waals surface area contributed by atoms with Gasteiger partial charge in [0.1, 0.15) is 19.8 Å². The summed E-state index contributed by atoms with van der Waals surface area (Å²) in [4.78, 5) is 12.3. The van der Waals surface area contributed by atoms with Gasteiger partial charge in [0.15, 0.2) is 0 Å². The molecule has 1 aromatic rings. The first-order valence-electron chi connectivity index (χ1n) is 6.61. The molecule has 4 rings (SSSR count). The molecule has 0 bridgehead atoms. The van der Waals surface area contributed by atoms with E-state index in [4.69, 9.17) is 28.4 Å². The van der Waals surface area contributed by atoms with E-state index in [9.17, 15) is 0 Å². The number of hydrogen-bond donors (Lipinski definition) is 0. The van der Waals surface area contributed by atoms with E-state index in [0.717, 1.165) is 0 Å². The van der Waals surface area contributed by atoms with Gasteiger partial charge in [-0.25, -0.2) is 0 Å². The van der Waals surface area contributed by atoms with Crippen molar-refractivity contribution >= 4 is 0 Å². The minimum absolute atomic E-state index is 0.0727. The third-order valence-electron chi connectivity index (χ3n) is 3.15. The highest BCUT2D eigenvalue weighted by Gasteiger charge is 2.46. The summed E-state index contributed by atoms with van der Waals surface area (Å²) in [6, 6.07) is 0.218. The first kappa shape index (κ1) is 13.0. The largest absolute Gasteiger partial charge is 0.428 e. The minimum atomic E-state index is -0.699. The lowest BCUT2D eigenvalue weighted by atomic mass is 10.5. The van der Waals surface area contributed by atoms with Gasteiger partial charge in [-0.15, -0.1) is 15.0 Å². The normalized spacial score (nSPS) is 39.6.